The molecule has 1 aromatic carbocycles. The Bertz CT molecular complexity index is 831. The Morgan fingerprint density at radius 3 is 2.91 bits per heavy atom. The van der Waals surface area contributed by atoms with Gasteiger partial charge in [-0.2, -0.15) is 0 Å². The number of fused-ring (bicyclic) bond motifs is 1. The van der Waals surface area contributed by atoms with Gasteiger partial charge in [0.2, 0.25) is 0 Å². The van der Waals surface area contributed by atoms with E-state index in [2.05, 4.69) is 14.9 Å². The van der Waals surface area contributed by atoms with E-state index in [1.54, 1.807) is 18.4 Å². The van der Waals surface area contributed by atoms with Crippen molar-refractivity contribution in [1.29, 1.82) is 0 Å². The Kier molecular flexibility index (Phi) is 3.63. The third-order valence-electron chi connectivity index (χ3n) is 4.08. The summed E-state index contributed by atoms with van der Waals surface area (Å²) in [4.78, 5) is 11.3. The number of benzene rings is 1. The number of hydrogen-bond donors (Lipinski definition) is 1. The molecule has 6 heteroatoms. The van der Waals surface area contributed by atoms with E-state index >= 15 is 0 Å². The van der Waals surface area contributed by atoms with Crippen LogP contribution in [-0.4, -0.2) is 41.4 Å². The molecule has 118 valence electrons. The second-order valence-corrected chi connectivity index (χ2v) is 6.68. The van der Waals surface area contributed by atoms with Crippen molar-refractivity contribution in [2.45, 2.75) is 12.5 Å². The quantitative estimate of drug-likeness (QED) is 0.801. The maximum atomic E-state index is 9.63. The predicted molar refractivity (Wildman–Crippen MR) is 92.2 cm³/mol. The van der Waals surface area contributed by atoms with E-state index in [0.717, 1.165) is 45.3 Å². The lowest BCUT2D eigenvalue weighted by Crippen LogP contribution is -2.21. The summed E-state index contributed by atoms with van der Waals surface area (Å²) in [7, 11) is 1.67. The van der Waals surface area contributed by atoms with Gasteiger partial charge in [0.1, 0.15) is 16.6 Å². The fraction of sp³-hybridized carbons (Fsp3) is 0.294. The molecule has 1 aliphatic rings. The molecule has 1 atom stereocenters. The molecule has 1 saturated heterocycles. The zero-order valence-electron chi connectivity index (χ0n) is 12.8. The molecule has 3 heterocycles. The van der Waals surface area contributed by atoms with Crippen LogP contribution >= 0.6 is 11.3 Å². The van der Waals surface area contributed by atoms with E-state index in [0.29, 0.717) is 6.54 Å². The van der Waals surface area contributed by atoms with Crippen LogP contribution in [0.25, 0.3) is 20.8 Å². The number of rotatable bonds is 3. The fourth-order valence-electron chi connectivity index (χ4n) is 2.80. The molecular formula is C17H17N3O2S. The molecule has 23 heavy (non-hydrogen) atoms. The van der Waals surface area contributed by atoms with Crippen LogP contribution in [0.2, 0.25) is 0 Å². The zero-order chi connectivity index (χ0) is 15.8. The number of aliphatic hydroxyl groups excluding tert-OH is 1. The average molecular weight is 327 g/mol. The second-order valence-electron chi connectivity index (χ2n) is 5.65. The summed E-state index contributed by atoms with van der Waals surface area (Å²) in [6.45, 7) is 1.52. The van der Waals surface area contributed by atoms with Crippen molar-refractivity contribution in [3.63, 3.8) is 0 Å². The third-order valence-corrected chi connectivity index (χ3v) is 5.15. The van der Waals surface area contributed by atoms with Crippen LogP contribution in [0.3, 0.4) is 0 Å². The van der Waals surface area contributed by atoms with Crippen LogP contribution in [0.4, 0.5) is 5.82 Å². The Labute approximate surface area is 138 Å². The van der Waals surface area contributed by atoms with Crippen molar-refractivity contribution in [3.8, 4) is 16.3 Å². The van der Waals surface area contributed by atoms with Crippen molar-refractivity contribution in [1.82, 2.24) is 9.97 Å². The second kappa shape index (κ2) is 5.79. The van der Waals surface area contributed by atoms with Gasteiger partial charge < -0.3 is 14.7 Å². The van der Waals surface area contributed by atoms with Gasteiger partial charge in [0.25, 0.3) is 0 Å². The van der Waals surface area contributed by atoms with Gasteiger partial charge in [-0.05, 0) is 36.8 Å². The predicted octanol–water partition coefficient (Wildman–Crippen LogP) is 2.94. The normalized spacial score (nSPS) is 17.8. The first-order chi connectivity index (χ1) is 11.2. The first-order valence-electron chi connectivity index (χ1n) is 7.57. The van der Waals surface area contributed by atoms with E-state index in [1.165, 1.54) is 0 Å². The molecule has 0 amide bonds. The van der Waals surface area contributed by atoms with Gasteiger partial charge in [-0.25, -0.2) is 9.97 Å². The number of aliphatic hydroxyl groups is 1. The molecule has 3 aromatic rings. The fourth-order valence-corrected chi connectivity index (χ4v) is 3.79. The van der Waals surface area contributed by atoms with Crippen molar-refractivity contribution in [2.24, 2.45) is 0 Å². The van der Waals surface area contributed by atoms with Crippen molar-refractivity contribution in [2.75, 3.05) is 25.1 Å². The van der Waals surface area contributed by atoms with Gasteiger partial charge >= 0.3 is 0 Å². The molecule has 1 aliphatic heterocycles. The standard InChI is InChI=1S/C17H17N3O2S/c1-22-13-3-4-14-15(8-13)23-17(19-14)11-2-5-16(18-9-11)20-7-6-12(21)10-20/h2-5,8-9,12,21H,6-7,10H2,1H3/t12-/m1/s1. The van der Waals surface area contributed by atoms with Crippen LogP contribution < -0.4 is 9.64 Å². The number of thiazole rings is 1. The van der Waals surface area contributed by atoms with Crippen molar-refractivity contribution >= 4 is 27.4 Å². The highest BCUT2D eigenvalue weighted by molar-refractivity contribution is 7.21. The molecule has 0 spiro atoms. The molecule has 1 fully saturated rings. The van der Waals surface area contributed by atoms with Crippen LogP contribution in [-0.2, 0) is 0 Å². The lowest BCUT2D eigenvalue weighted by atomic mass is 10.3. The van der Waals surface area contributed by atoms with E-state index < -0.39 is 0 Å². The maximum Gasteiger partial charge on any atom is 0.128 e. The number of anilines is 1. The number of hydrogen-bond acceptors (Lipinski definition) is 6. The van der Waals surface area contributed by atoms with Crippen LogP contribution in [0, 0.1) is 0 Å². The van der Waals surface area contributed by atoms with Crippen molar-refractivity contribution < 1.29 is 9.84 Å². The lowest BCUT2D eigenvalue weighted by molar-refractivity contribution is 0.198. The Balaban J connectivity index is 1.62. The molecule has 4 rings (SSSR count). The molecule has 0 unspecified atom stereocenters. The van der Waals surface area contributed by atoms with Crippen LogP contribution in [0.5, 0.6) is 5.75 Å². The third kappa shape index (κ3) is 2.75. The number of methoxy groups -OCH3 is 1. The minimum atomic E-state index is -0.240. The summed E-state index contributed by atoms with van der Waals surface area (Å²) in [6, 6.07) is 9.94. The molecule has 1 N–H and O–H groups in total. The van der Waals surface area contributed by atoms with Gasteiger partial charge in [-0.1, -0.05) is 0 Å². The molecular weight excluding hydrogens is 310 g/mol. The summed E-state index contributed by atoms with van der Waals surface area (Å²) in [5.74, 6) is 1.75. The number of pyridine rings is 1. The van der Waals surface area contributed by atoms with Gasteiger partial charge in [-0.3, -0.25) is 0 Å². The summed E-state index contributed by atoms with van der Waals surface area (Å²) in [5.41, 5.74) is 1.98. The summed E-state index contributed by atoms with van der Waals surface area (Å²) in [6.07, 6.45) is 2.42. The first-order valence-corrected chi connectivity index (χ1v) is 8.38. The zero-order valence-corrected chi connectivity index (χ0v) is 13.6. The molecule has 0 radical (unpaired) electrons. The van der Waals surface area contributed by atoms with Gasteiger partial charge in [0.15, 0.2) is 0 Å². The smallest absolute Gasteiger partial charge is 0.128 e. The van der Waals surface area contributed by atoms with Crippen LogP contribution in [0.15, 0.2) is 36.5 Å². The summed E-state index contributed by atoms with van der Waals surface area (Å²) in [5, 5.41) is 10.6. The Morgan fingerprint density at radius 1 is 1.30 bits per heavy atom. The van der Waals surface area contributed by atoms with Gasteiger partial charge in [0, 0.05) is 24.8 Å². The van der Waals surface area contributed by atoms with Crippen LogP contribution in [0.1, 0.15) is 6.42 Å². The van der Waals surface area contributed by atoms with Gasteiger partial charge in [0.05, 0.1) is 23.4 Å². The molecule has 0 saturated carbocycles. The number of nitrogens with zero attached hydrogens (tertiary/aromatic N) is 3. The van der Waals surface area contributed by atoms with Gasteiger partial charge in [-0.15, -0.1) is 11.3 Å². The Morgan fingerprint density at radius 2 is 2.22 bits per heavy atom. The number of ether oxygens (including phenoxy) is 1. The monoisotopic (exact) mass is 327 g/mol. The van der Waals surface area contributed by atoms with Crippen molar-refractivity contribution in [3.05, 3.63) is 36.5 Å². The largest absolute Gasteiger partial charge is 0.497 e. The van der Waals surface area contributed by atoms with E-state index in [4.69, 9.17) is 4.74 Å². The lowest BCUT2D eigenvalue weighted by Gasteiger charge is -2.16. The first kappa shape index (κ1) is 14.4. The van der Waals surface area contributed by atoms with E-state index in [-0.39, 0.29) is 6.10 Å². The highest BCUT2D eigenvalue weighted by Crippen LogP contribution is 2.32. The van der Waals surface area contributed by atoms with E-state index in [9.17, 15) is 5.11 Å². The SMILES string of the molecule is COc1ccc2nc(-c3ccc(N4CC[C@@H](O)C4)nc3)sc2c1. The Hall–Kier alpha value is -2.18. The minimum absolute atomic E-state index is 0.240. The summed E-state index contributed by atoms with van der Waals surface area (Å²) >= 11 is 1.63. The molecule has 2 aromatic heterocycles. The average Bonchev–Trinajstić information content (AvgIpc) is 3.20. The molecule has 0 bridgehead atoms. The maximum absolute atomic E-state index is 9.63. The number of aromatic nitrogens is 2. The summed E-state index contributed by atoms with van der Waals surface area (Å²) < 4.78 is 6.36. The highest BCUT2D eigenvalue weighted by atomic mass is 32.1. The minimum Gasteiger partial charge on any atom is -0.497 e. The molecule has 5 nitrogen and oxygen atoms in total. The topological polar surface area (TPSA) is 58.5 Å². The van der Waals surface area contributed by atoms with E-state index in [1.807, 2.05) is 36.5 Å². The highest BCUT2D eigenvalue weighted by Gasteiger charge is 2.21. The molecule has 0 aliphatic carbocycles. The number of β-amino-alcohol motifs (C(OH)–C–C–N with tert-alkyl or cyclic N) is 1.